The third-order valence-corrected chi connectivity index (χ3v) is 4.13. The summed E-state index contributed by atoms with van der Waals surface area (Å²) in [7, 11) is 1.60. The lowest BCUT2D eigenvalue weighted by Crippen LogP contribution is -2.36. The van der Waals surface area contributed by atoms with E-state index in [1.54, 1.807) is 19.2 Å². The van der Waals surface area contributed by atoms with Gasteiger partial charge >= 0.3 is 6.03 Å². The maximum Gasteiger partial charge on any atom is 0.315 e. The molecule has 0 heterocycles. The molecule has 0 aliphatic rings. The predicted molar refractivity (Wildman–Crippen MR) is 99.4 cm³/mol. The highest BCUT2D eigenvalue weighted by Gasteiger charge is 2.09. The number of carbonyl (C=O) groups is 2. The summed E-state index contributed by atoms with van der Waals surface area (Å²) in [5.41, 5.74) is 3.88. The number of hydrogen-bond acceptors (Lipinski definition) is 2. The van der Waals surface area contributed by atoms with Gasteiger partial charge < -0.3 is 16.0 Å². The van der Waals surface area contributed by atoms with Crippen molar-refractivity contribution in [3.8, 4) is 0 Å². The van der Waals surface area contributed by atoms with Crippen LogP contribution in [-0.2, 0) is 13.0 Å². The zero-order valence-corrected chi connectivity index (χ0v) is 14.9. The van der Waals surface area contributed by atoms with Gasteiger partial charge in [0.25, 0.3) is 5.91 Å². The van der Waals surface area contributed by atoms with Gasteiger partial charge in [-0.2, -0.15) is 0 Å². The van der Waals surface area contributed by atoms with Crippen molar-refractivity contribution in [1.29, 1.82) is 0 Å². The topological polar surface area (TPSA) is 70.2 Å². The van der Waals surface area contributed by atoms with E-state index in [2.05, 4.69) is 35.0 Å². The number of aryl methyl sites for hydroxylation is 1. The lowest BCUT2D eigenvalue weighted by atomic mass is 10.1. The highest BCUT2D eigenvalue weighted by Crippen LogP contribution is 2.13. The molecule has 132 valence electrons. The normalized spacial score (nSPS) is 11.5. The smallest absolute Gasteiger partial charge is 0.315 e. The van der Waals surface area contributed by atoms with Gasteiger partial charge in [-0.3, -0.25) is 4.79 Å². The van der Waals surface area contributed by atoms with Gasteiger partial charge in [0.1, 0.15) is 0 Å². The molecule has 0 bridgehead atoms. The van der Waals surface area contributed by atoms with Gasteiger partial charge in [-0.15, -0.1) is 0 Å². The first-order valence-corrected chi connectivity index (χ1v) is 8.47. The molecule has 0 spiro atoms. The number of amides is 3. The van der Waals surface area contributed by atoms with Crippen molar-refractivity contribution in [2.75, 3.05) is 7.05 Å². The third kappa shape index (κ3) is 5.35. The number of hydrogen-bond donors (Lipinski definition) is 3. The molecule has 0 aromatic heterocycles. The second kappa shape index (κ2) is 8.87. The van der Waals surface area contributed by atoms with Crippen LogP contribution in [0.4, 0.5) is 4.79 Å². The average molecular weight is 339 g/mol. The predicted octanol–water partition coefficient (Wildman–Crippen LogP) is 3.17. The van der Waals surface area contributed by atoms with Crippen molar-refractivity contribution in [2.45, 2.75) is 32.9 Å². The lowest BCUT2D eigenvalue weighted by Gasteiger charge is -2.15. The summed E-state index contributed by atoms with van der Waals surface area (Å²) in [6, 6.07) is 15.1. The molecule has 25 heavy (non-hydrogen) atoms. The summed E-state index contributed by atoms with van der Waals surface area (Å²) in [6.07, 6.45) is 1.00. The van der Waals surface area contributed by atoms with E-state index in [9.17, 15) is 9.59 Å². The summed E-state index contributed by atoms with van der Waals surface area (Å²) in [5, 5.41) is 8.34. The van der Waals surface area contributed by atoms with Crippen LogP contribution in [0, 0.1) is 0 Å². The van der Waals surface area contributed by atoms with E-state index in [4.69, 9.17) is 0 Å². The number of urea groups is 1. The van der Waals surface area contributed by atoms with Crippen molar-refractivity contribution in [3.05, 3.63) is 70.8 Å². The summed E-state index contributed by atoms with van der Waals surface area (Å²) in [6.45, 7) is 4.48. The number of nitrogens with one attached hydrogen (secondary N) is 3. The lowest BCUT2D eigenvalue weighted by molar-refractivity contribution is 0.0963. The highest BCUT2D eigenvalue weighted by molar-refractivity contribution is 5.93. The standard InChI is InChI=1S/C20H25N3O2/c1-4-15-5-9-17(10-6-15)14(2)23-20(25)22-13-16-7-11-18(12-8-16)19(24)21-3/h5-12,14H,4,13H2,1-3H3,(H,21,24)(H2,22,23,25). The number of carbonyl (C=O) groups excluding carboxylic acids is 2. The molecule has 3 N–H and O–H groups in total. The summed E-state index contributed by atoms with van der Waals surface area (Å²) >= 11 is 0. The molecule has 0 radical (unpaired) electrons. The van der Waals surface area contributed by atoms with Crippen molar-refractivity contribution >= 4 is 11.9 Å². The number of benzene rings is 2. The van der Waals surface area contributed by atoms with Crippen LogP contribution < -0.4 is 16.0 Å². The molecule has 5 nitrogen and oxygen atoms in total. The maximum absolute atomic E-state index is 12.1. The molecule has 0 aliphatic heterocycles. The minimum absolute atomic E-state index is 0.0680. The largest absolute Gasteiger partial charge is 0.355 e. The van der Waals surface area contributed by atoms with Gasteiger partial charge in [0.15, 0.2) is 0 Å². The molecular formula is C20H25N3O2. The Hall–Kier alpha value is -2.82. The molecule has 0 aliphatic carbocycles. The van der Waals surface area contributed by atoms with Crippen molar-refractivity contribution in [3.63, 3.8) is 0 Å². The molecule has 0 fully saturated rings. The second-order valence-corrected chi connectivity index (χ2v) is 5.92. The third-order valence-electron chi connectivity index (χ3n) is 4.13. The maximum atomic E-state index is 12.1. The SMILES string of the molecule is CCc1ccc(C(C)NC(=O)NCc2ccc(C(=O)NC)cc2)cc1. The van der Waals surface area contributed by atoms with Crippen LogP contribution in [0.3, 0.4) is 0 Å². The Labute approximate surface area is 148 Å². The fourth-order valence-electron chi connectivity index (χ4n) is 2.47. The molecule has 5 heteroatoms. The van der Waals surface area contributed by atoms with Crippen molar-refractivity contribution in [1.82, 2.24) is 16.0 Å². The van der Waals surface area contributed by atoms with E-state index in [-0.39, 0.29) is 18.0 Å². The quantitative estimate of drug-likeness (QED) is 0.756. The fourth-order valence-corrected chi connectivity index (χ4v) is 2.47. The molecule has 2 rings (SSSR count). The minimum Gasteiger partial charge on any atom is -0.355 e. The Morgan fingerprint density at radius 1 is 0.960 bits per heavy atom. The van der Waals surface area contributed by atoms with Crippen LogP contribution in [-0.4, -0.2) is 19.0 Å². The van der Waals surface area contributed by atoms with Crippen LogP contribution in [0.5, 0.6) is 0 Å². The Balaban J connectivity index is 1.84. The monoisotopic (exact) mass is 339 g/mol. The average Bonchev–Trinajstić information content (AvgIpc) is 2.66. The summed E-state index contributed by atoms with van der Waals surface area (Å²) < 4.78 is 0. The molecule has 0 saturated carbocycles. The van der Waals surface area contributed by atoms with Gasteiger partial charge in [0.05, 0.1) is 6.04 Å². The Morgan fingerprint density at radius 3 is 2.12 bits per heavy atom. The van der Waals surface area contributed by atoms with E-state index in [0.29, 0.717) is 12.1 Å². The van der Waals surface area contributed by atoms with E-state index in [0.717, 1.165) is 17.5 Å². The van der Waals surface area contributed by atoms with Crippen LogP contribution in [0.25, 0.3) is 0 Å². The van der Waals surface area contributed by atoms with Crippen molar-refractivity contribution in [2.24, 2.45) is 0 Å². The van der Waals surface area contributed by atoms with Crippen LogP contribution in [0.1, 0.15) is 46.9 Å². The summed E-state index contributed by atoms with van der Waals surface area (Å²) in [4.78, 5) is 23.6. The first-order chi connectivity index (χ1) is 12.0. The van der Waals surface area contributed by atoms with Crippen molar-refractivity contribution < 1.29 is 9.59 Å². The summed E-state index contributed by atoms with van der Waals surface area (Å²) in [5.74, 6) is -0.125. The van der Waals surface area contributed by atoms with Gasteiger partial charge in [-0.1, -0.05) is 43.3 Å². The zero-order chi connectivity index (χ0) is 18.2. The van der Waals surface area contributed by atoms with Gasteiger partial charge in [-0.25, -0.2) is 4.79 Å². The zero-order valence-electron chi connectivity index (χ0n) is 14.9. The molecule has 2 aromatic carbocycles. The minimum atomic E-state index is -0.220. The number of rotatable bonds is 6. The van der Waals surface area contributed by atoms with E-state index in [1.807, 2.05) is 31.2 Å². The van der Waals surface area contributed by atoms with E-state index >= 15 is 0 Å². The van der Waals surface area contributed by atoms with Gasteiger partial charge in [0.2, 0.25) is 0 Å². The molecule has 3 amide bonds. The first-order valence-electron chi connectivity index (χ1n) is 8.47. The fraction of sp³-hybridized carbons (Fsp3) is 0.300. The molecule has 1 atom stereocenters. The van der Waals surface area contributed by atoms with E-state index in [1.165, 1.54) is 5.56 Å². The Morgan fingerprint density at radius 2 is 1.56 bits per heavy atom. The molecule has 2 aromatic rings. The van der Waals surface area contributed by atoms with Crippen LogP contribution >= 0.6 is 0 Å². The molecule has 1 unspecified atom stereocenters. The first kappa shape index (κ1) is 18.5. The van der Waals surface area contributed by atoms with Gasteiger partial charge in [0, 0.05) is 19.2 Å². The molecule has 0 saturated heterocycles. The van der Waals surface area contributed by atoms with Crippen LogP contribution in [0.2, 0.25) is 0 Å². The molecular weight excluding hydrogens is 314 g/mol. The Kier molecular flexibility index (Phi) is 6.57. The van der Waals surface area contributed by atoms with Gasteiger partial charge in [-0.05, 0) is 42.2 Å². The second-order valence-electron chi connectivity index (χ2n) is 5.92. The highest BCUT2D eigenvalue weighted by atomic mass is 16.2. The van der Waals surface area contributed by atoms with E-state index < -0.39 is 0 Å². The Bertz CT molecular complexity index is 709. The van der Waals surface area contributed by atoms with Crippen LogP contribution in [0.15, 0.2) is 48.5 Å².